The largest absolute Gasteiger partial charge is 0.454 e. The fraction of sp³-hybridized carbons (Fsp3) is 0.200. The van der Waals surface area contributed by atoms with Gasteiger partial charge in [-0.05, 0) is 48.7 Å². The van der Waals surface area contributed by atoms with E-state index in [-0.39, 0.29) is 0 Å². The Labute approximate surface area is 215 Å². The molecular weight excluding hydrogens is 462 g/mol. The van der Waals surface area contributed by atoms with Gasteiger partial charge in [0.1, 0.15) is 23.7 Å². The van der Waals surface area contributed by atoms with E-state index >= 15 is 0 Å². The SMILES string of the molecule is [N-]=[N+]=NCCCCCC[n+]1cccc2c1/C(=C1/c3ccccc3Oc3cccnc31)c1ccccc1O2. The molecule has 37 heavy (non-hydrogen) atoms. The average molecular weight is 489 g/mol. The van der Waals surface area contributed by atoms with Crippen LogP contribution in [0.2, 0.25) is 0 Å². The van der Waals surface area contributed by atoms with Crippen molar-refractivity contribution in [1.29, 1.82) is 0 Å². The lowest BCUT2D eigenvalue weighted by molar-refractivity contribution is -0.699. The van der Waals surface area contributed by atoms with Gasteiger partial charge in [0, 0.05) is 46.8 Å². The summed E-state index contributed by atoms with van der Waals surface area (Å²) < 4.78 is 15.0. The molecule has 0 aliphatic carbocycles. The number of azide groups is 1. The molecule has 7 heteroatoms. The fourth-order valence-corrected chi connectivity index (χ4v) is 5.11. The number of pyridine rings is 2. The van der Waals surface area contributed by atoms with Crippen LogP contribution >= 0.6 is 0 Å². The van der Waals surface area contributed by atoms with Gasteiger partial charge in [0.05, 0.1) is 5.57 Å². The lowest BCUT2D eigenvalue weighted by Crippen LogP contribution is -2.39. The lowest BCUT2D eigenvalue weighted by atomic mass is 9.86. The highest BCUT2D eigenvalue weighted by Gasteiger charge is 2.36. The highest BCUT2D eigenvalue weighted by atomic mass is 16.5. The minimum atomic E-state index is 0.555. The van der Waals surface area contributed by atoms with Crippen LogP contribution in [0, 0.1) is 0 Å². The second-order valence-corrected chi connectivity index (χ2v) is 9.08. The maximum Gasteiger partial charge on any atom is 0.257 e. The summed E-state index contributed by atoms with van der Waals surface area (Å²) in [5.74, 6) is 3.22. The van der Waals surface area contributed by atoms with Crippen LogP contribution in [0.5, 0.6) is 23.0 Å². The minimum Gasteiger partial charge on any atom is -0.454 e. The Morgan fingerprint density at radius 3 is 2.22 bits per heavy atom. The van der Waals surface area contributed by atoms with Crippen molar-refractivity contribution in [3.63, 3.8) is 0 Å². The van der Waals surface area contributed by atoms with Crippen LogP contribution in [-0.4, -0.2) is 11.5 Å². The highest BCUT2D eigenvalue weighted by Crippen LogP contribution is 2.51. The second-order valence-electron chi connectivity index (χ2n) is 9.08. The van der Waals surface area contributed by atoms with Crippen LogP contribution in [0.4, 0.5) is 0 Å². The van der Waals surface area contributed by atoms with Crippen molar-refractivity contribution in [3.05, 3.63) is 118 Å². The maximum absolute atomic E-state index is 8.48. The molecule has 182 valence electrons. The van der Waals surface area contributed by atoms with Crippen LogP contribution in [0.1, 0.15) is 48.2 Å². The van der Waals surface area contributed by atoms with E-state index in [0.717, 1.165) is 88.9 Å². The van der Waals surface area contributed by atoms with Crippen molar-refractivity contribution in [2.75, 3.05) is 6.54 Å². The molecule has 2 aromatic heterocycles. The summed E-state index contributed by atoms with van der Waals surface area (Å²) in [6, 6.07) is 24.3. The number of ether oxygens (including phenoxy) is 2. The van der Waals surface area contributed by atoms with Gasteiger partial charge in [0.2, 0.25) is 0 Å². The predicted molar refractivity (Wildman–Crippen MR) is 141 cm³/mol. The van der Waals surface area contributed by atoms with Gasteiger partial charge in [-0.1, -0.05) is 47.9 Å². The Morgan fingerprint density at radius 2 is 1.41 bits per heavy atom. The van der Waals surface area contributed by atoms with Crippen LogP contribution in [0.3, 0.4) is 0 Å². The number of nitrogens with zero attached hydrogens (tertiary/aromatic N) is 5. The molecule has 0 amide bonds. The van der Waals surface area contributed by atoms with E-state index in [2.05, 4.69) is 39.0 Å². The monoisotopic (exact) mass is 488 g/mol. The molecule has 0 unspecified atom stereocenters. The van der Waals surface area contributed by atoms with E-state index in [0.29, 0.717) is 6.54 Å². The Hall–Kier alpha value is -4.61. The molecule has 4 heterocycles. The van der Waals surface area contributed by atoms with Crippen molar-refractivity contribution in [2.45, 2.75) is 32.2 Å². The van der Waals surface area contributed by atoms with Crippen molar-refractivity contribution in [1.82, 2.24) is 4.98 Å². The molecule has 0 saturated heterocycles. The highest BCUT2D eigenvalue weighted by molar-refractivity contribution is 6.08. The molecule has 0 spiro atoms. The zero-order chi connectivity index (χ0) is 25.0. The first-order chi connectivity index (χ1) is 18.3. The normalized spacial score (nSPS) is 14.7. The van der Waals surface area contributed by atoms with E-state index in [1.165, 1.54) is 0 Å². The number of aromatic nitrogens is 2. The van der Waals surface area contributed by atoms with Crippen LogP contribution in [-0.2, 0) is 6.54 Å². The number of para-hydroxylation sites is 2. The molecule has 2 aromatic carbocycles. The summed E-state index contributed by atoms with van der Waals surface area (Å²) in [5, 5.41) is 3.64. The molecule has 4 aromatic rings. The number of hydrogen-bond acceptors (Lipinski definition) is 4. The van der Waals surface area contributed by atoms with E-state index in [9.17, 15) is 0 Å². The third-order valence-corrected chi connectivity index (χ3v) is 6.75. The summed E-state index contributed by atoms with van der Waals surface area (Å²) in [5.41, 5.74) is 14.5. The third-order valence-electron chi connectivity index (χ3n) is 6.75. The van der Waals surface area contributed by atoms with Gasteiger partial charge in [-0.25, -0.2) is 0 Å². The standard InChI is InChI=1S/C30H26N5O2/c31-34-33-18-7-1-2-8-19-35-20-10-16-26-30(35)28(22-12-4-6-14-24(22)37-26)27-21-11-3-5-13-23(21)36-25-15-9-17-32-29(25)27/h3-6,9-17,20H,1-2,7-8,18-19H2/q+1/b28-27-. The summed E-state index contributed by atoms with van der Waals surface area (Å²) in [7, 11) is 0. The Morgan fingerprint density at radius 1 is 0.730 bits per heavy atom. The molecule has 0 bridgehead atoms. The summed E-state index contributed by atoms with van der Waals surface area (Å²) >= 11 is 0. The zero-order valence-electron chi connectivity index (χ0n) is 20.4. The molecule has 0 N–H and O–H groups in total. The summed E-state index contributed by atoms with van der Waals surface area (Å²) in [6.07, 6.45) is 7.95. The molecule has 2 aliphatic heterocycles. The second kappa shape index (κ2) is 10.2. The Bertz CT molecular complexity index is 1510. The number of aryl methyl sites for hydroxylation is 1. The van der Waals surface area contributed by atoms with Gasteiger partial charge in [-0.15, -0.1) is 0 Å². The lowest BCUT2D eigenvalue weighted by Gasteiger charge is -2.27. The van der Waals surface area contributed by atoms with Crippen molar-refractivity contribution < 1.29 is 14.0 Å². The van der Waals surface area contributed by atoms with Crippen LogP contribution < -0.4 is 14.0 Å². The Balaban J connectivity index is 1.51. The van der Waals surface area contributed by atoms with Gasteiger partial charge >= 0.3 is 0 Å². The number of rotatable bonds is 7. The molecule has 6 rings (SSSR count). The van der Waals surface area contributed by atoms with E-state index in [4.69, 9.17) is 20.0 Å². The van der Waals surface area contributed by atoms with Gasteiger partial charge in [0.15, 0.2) is 17.7 Å². The maximum atomic E-state index is 8.48. The van der Waals surface area contributed by atoms with Gasteiger partial charge < -0.3 is 9.47 Å². The molecular formula is C30H26N5O2+. The first-order valence-electron chi connectivity index (χ1n) is 12.6. The van der Waals surface area contributed by atoms with E-state index < -0.39 is 0 Å². The molecule has 0 fully saturated rings. The third kappa shape index (κ3) is 4.30. The van der Waals surface area contributed by atoms with Crippen molar-refractivity contribution in [2.24, 2.45) is 5.11 Å². The van der Waals surface area contributed by atoms with E-state index in [1.54, 1.807) is 0 Å². The van der Waals surface area contributed by atoms with Gasteiger partial charge in [-0.3, -0.25) is 4.98 Å². The molecule has 0 saturated carbocycles. The summed E-state index contributed by atoms with van der Waals surface area (Å²) in [4.78, 5) is 7.63. The van der Waals surface area contributed by atoms with Gasteiger partial charge in [-0.2, -0.15) is 4.57 Å². The Kier molecular flexibility index (Phi) is 6.28. The van der Waals surface area contributed by atoms with Crippen LogP contribution in [0.15, 0.2) is 90.3 Å². The average Bonchev–Trinajstić information content (AvgIpc) is 2.94. The topological polar surface area (TPSA) is 84.0 Å². The number of hydrogen-bond donors (Lipinski definition) is 0. The quantitative estimate of drug-likeness (QED) is 0.0768. The zero-order valence-corrected chi connectivity index (χ0v) is 20.4. The molecule has 7 nitrogen and oxygen atoms in total. The number of benzene rings is 2. The molecule has 0 atom stereocenters. The van der Waals surface area contributed by atoms with E-state index in [1.807, 2.05) is 60.8 Å². The predicted octanol–water partition coefficient (Wildman–Crippen LogP) is 7.46. The molecule has 2 aliphatic rings. The minimum absolute atomic E-state index is 0.555. The molecule has 0 radical (unpaired) electrons. The first-order valence-corrected chi connectivity index (χ1v) is 12.6. The fourth-order valence-electron chi connectivity index (χ4n) is 5.11. The number of fused-ring (bicyclic) bond motifs is 4. The van der Waals surface area contributed by atoms with Crippen molar-refractivity contribution in [3.8, 4) is 23.0 Å². The number of unbranched alkanes of at least 4 members (excludes halogenated alkanes) is 3. The van der Waals surface area contributed by atoms with Crippen molar-refractivity contribution >= 4 is 11.1 Å². The van der Waals surface area contributed by atoms with Gasteiger partial charge in [0.25, 0.3) is 5.69 Å². The first kappa shape index (κ1) is 22.8. The van der Waals surface area contributed by atoms with Crippen LogP contribution in [0.25, 0.3) is 21.6 Å². The smallest absolute Gasteiger partial charge is 0.257 e. The summed E-state index contributed by atoms with van der Waals surface area (Å²) in [6.45, 7) is 1.40.